The van der Waals surface area contributed by atoms with Crippen LogP contribution < -0.4 is 20.1 Å². The van der Waals surface area contributed by atoms with E-state index in [4.69, 9.17) is 25.8 Å². The zero-order chi connectivity index (χ0) is 18.4. The lowest BCUT2D eigenvalue weighted by Gasteiger charge is -2.30. The molecule has 0 saturated heterocycles. The van der Waals surface area contributed by atoms with Gasteiger partial charge in [-0.05, 0) is 42.4 Å². The van der Waals surface area contributed by atoms with Crippen LogP contribution in [0.4, 0.5) is 0 Å². The first kappa shape index (κ1) is 22.4. The first-order chi connectivity index (χ1) is 12.7. The minimum Gasteiger partial charge on any atom is -0.454 e. The Bertz CT molecular complexity index is 651. The second-order valence-electron chi connectivity index (χ2n) is 7.04. The maximum Gasteiger partial charge on any atom is 0.231 e. The van der Waals surface area contributed by atoms with Gasteiger partial charge >= 0.3 is 0 Å². The fraction of sp³-hybridized carbons (Fsp3) is 0.632. The molecule has 1 aliphatic heterocycles. The van der Waals surface area contributed by atoms with Crippen LogP contribution in [-0.4, -0.2) is 40.1 Å². The number of nitrogens with one attached hydrogen (secondary N) is 2. The Morgan fingerprint density at radius 2 is 2.04 bits per heavy atom. The highest BCUT2D eigenvalue weighted by molar-refractivity contribution is 14.0. The molecule has 2 aliphatic rings. The smallest absolute Gasteiger partial charge is 0.231 e. The molecule has 27 heavy (non-hydrogen) atoms. The number of guanidine groups is 1. The number of hydrogen-bond donors (Lipinski definition) is 2. The molecule has 1 aliphatic carbocycles. The van der Waals surface area contributed by atoms with Crippen LogP contribution in [0.5, 0.6) is 11.5 Å². The van der Waals surface area contributed by atoms with E-state index in [-0.39, 0.29) is 30.8 Å². The maximum absolute atomic E-state index is 6.25. The number of hydrogen-bond acceptors (Lipinski definition) is 4. The van der Waals surface area contributed by atoms with Crippen LogP contribution >= 0.6 is 35.6 Å². The first-order valence-corrected chi connectivity index (χ1v) is 9.55. The average Bonchev–Trinajstić information content (AvgIpc) is 3.30. The summed E-state index contributed by atoms with van der Waals surface area (Å²) in [5.74, 6) is 2.11. The van der Waals surface area contributed by atoms with E-state index in [0.717, 1.165) is 31.1 Å². The monoisotopic (exact) mass is 509 g/mol. The molecule has 3 rings (SSSR count). The summed E-state index contributed by atoms with van der Waals surface area (Å²) in [5.41, 5.74) is 1.34. The van der Waals surface area contributed by atoms with Crippen molar-refractivity contribution < 1.29 is 14.2 Å². The fourth-order valence-corrected chi connectivity index (χ4v) is 4.05. The summed E-state index contributed by atoms with van der Waals surface area (Å²) < 4.78 is 16.1. The number of benzene rings is 1. The number of aliphatic imine (C=N–C) groups is 1. The fourth-order valence-electron chi connectivity index (χ4n) is 3.76. The molecule has 1 fully saturated rings. The van der Waals surface area contributed by atoms with Crippen molar-refractivity contribution in [2.24, 2.45) is 10.4 Å². The lowest BCUT2D eigenvalue weighted by atomic mass is 9.83. The normalized spacial score (nSPS) is 17.5. The SMILES string of the molecule is CN=C(NCc1cc(Cl)c2c(c1)OCO2)NCC1(CCOC)CCCC1.I. The summed E-state index contributed by atoms with van der Waals surface area (Å²) in [7, 11) is 3.56. The van der Waals surface area contributed by atoms with Crippen molar-refractivity contribution in [2.75, 3.05) is 34.1 Å². The average molecular weight is 510 g/mol. The molecule has 0 unspecified atom stereocenters. The van der Waals surface area contributed by atoms with Gasteiger partial charge in [-0.25, -0.2) is 0 Å². The molecule has 1 aromatic rings. The minimum absolute atomic E-state index is 0. The van der Waals surface area contributed by atoms with Gasteiger partial charge in [0, 0.05) is 33.9 Å². The Balaban J connectivity index is 0.00000261. The van der Waals surface area contributed by atoms with Gasteiger partial charge in [0.2, 0.25) is 6.79 Å². The third-order valence-corrected chi connectivity index (χ3v) is 5.58. The summed E-state index contributed by atoms with van der Waals surface area (Å²) in [6, 6.07) is 3.85. The molecular formula is C19H29ClIN3O3. The van der Waals surface area contributed by atoms with E-state index in [1.54, 1.807) is 14.2 Å². The van der Waals surface area contributed by atoms with Crippen LogP contribution in [0.2, 0.25) is 5.02 Å². The molecule has 0 spiro atoms. The van der Waals surface area contributed by atoms with E-state index in [9.17, 15) is 0 Å². The van der Waals surface area contributed by atoms with E-state index in [1.165, 1.54) is 25.7 Å². The van der Waals surface area contributed by atoms with Gasteiger partial charge in [-0.15, -0.1) is 24.0 Å². The van der Waals surface area contributed by atoms with Gasteiger partial charge in [0.1, 0.15) is 0 Å². The second kappa shape index (κ2) is 10.6. The van der Waals surface area contributed by atoms with Gasteiger partial charge in [-0.3, -0.25) is 4.99 Å². The number of methoxy groups -OCH3 is 1. The lowest BCUT2D eigenvalue weighted by molar-refractivity contribution is 0.138. The summed E-state index contributed by atoms with van der Waals surface area (Å²) in [6.45, 7) is 2.56. The van der Waals surface area contributed by atoms with Crippen LogP contribution in [0, 0.1) is 5.41 Å². The van der Waals surface area contributed by atoms with Crippen LogP contribution in [0.15, 0.2) is 17.1 Å². The van der Waals surface area contributed by atoms with Gasteiger partial charge in [-0.2, -0.15) is 0 Å². The largest absolute Gasteiger partial charge is 0.454 e. The summed E-state index contributed by atoms with van der Waals surface area (Å²) in [4.78, 5) is 4.34. The summed E-state index contributed by atoms with van der Waals surface area (Å²) >= 11 is 6.25. The van der Waals surface area contributed by atoms with Crippen molar-refractivity contribution in [3.63, 3.8) is 0 Å². The quantitative estimate of drug-likeness (QED) is 0.331. The molecule has 0 radical (unpaired) electrons. The third kappa shape index (κ3) is 5.77. The molecule has 152 valence electrons. The zero-order valence-electron chi connectivity index (χ0n) is 16.0. The Morgan fingerprint density at radius 1 is 1.26 bits per heavy atom. The molecule has 0 amide bonds. The van der Waals surface area contributed by atoms with Gasteiger partial charge in [0.15, 0.2) is 17.5 Å². The number of rotatable bonds is 7. The summed E-state index contributed by atoms with van der Waals surface area (Å²) in [6.07, 6.45) is 6.18. The standard InChI is InChI=1S/C19H28ClN3O3.HI/c1-21-18(23-12-19(7-8-24-2)5-3-4-6-19)22-11-14-9-15(20)17-16(10-14)25-13-26-17;/h9-10H,3-8,11-13H2,1-2H3,(H2,21,22,23);1H. The van der Waals surface area contributed by atoms with Crippen molar-refractivity contribution in [3.8, 4) is 11.5 Å². The van der Waals surface area contributed by atoms with Crippen molar-refractivity contribution >= 4 is 41.5 Å². The van der Waals surface area contributed by atoms with Crippen LogP contribution in [0.25, 0.3) is 0 Å². The highest BCUT2D eigenvalue weighted by atomic mass is 127. The molecule has 1 aromatic carbocycles. The topological polar surface area (TPSA) is 64.1 Å². The van der Waals surface area contributed by atoms with Gasteiger partial charge in [0.05, 0.1) is 5.02 Å². The maximum atomic E-state index is 6.25. The Hall–Kier alpha value is -0.930. The van der Waals surface area contributed by atoms with E-state index >= 15 is 0 Å². The Kier molecular flexibility index (Phi) is 8.75. The predicted molar refractivity (Wildman–Crippen MR) is 119 cm³/mol. The van der Waals surface area contributed by atoms with Crippen LogP contribution in [0.1, 0.15) is 37.7 Å². The van der Waals surface area contributed by atoms with E-state index < -0.39 is 0 Å². The minimum atomic E-state index is 0. The Morgan fingerprint density at radius 3 is 2.74 bits per heavy atom. The number of nitrogens with zero attached hydrogens (tertiary/aromatic N) is 1. The van der Waals surface area contributed by atoms with Gasteiger partial charge < -0.3 is 24.8 Å². The molecule has 0 atom stereocenters. The molecule has 6 nitrogen and oxygen atoms in total. The van der Waals surface area contributed by atoms with E-state index in [2.05, 4.69) is 15.6 Å². The van der Waals surface area contributed by atoms with Crippen LogP contribution in [0.3, 0.4) is 0 Å². The molecule has 0 bridgehead atoms. The molecule has 0 aromatic heterocycles. The Labute approximate surface area is 183 Å². The highest BCUT2D eigenvalue weighted by Crippen LogP contribution is 2.41. The second-order valence-corrected chi connectivity index (χ2v) is 7.45. The number of ether oxygens (including phenoxy) is 3. The molecular weight excluding hydrogens is 481 g/mol. The molecule has 2 N–H and O–H groups in total. The molecule has 1 heterocycles. The number of fused-ring (bicyclic) bond motifs is 1. The zero-order valence-corrected chi connectivity index (χ0v) is 19.1. The van der Waals surface area contributed by atoms with E-state index in [1.807, 2.05) is 12.1 Å². The molecule has 1 saturated carbocycles. The van der Waals surface area contributed by atoms with Crippen molar-refractivity contribution in [2.45, 2.75) is 38.6 Å². The number of halogens is 2. The predicted octanol–water partition coefficient (Wildman–Crippen LogP) is 3.95. The summed E-state index contributed by atoms with van der Waals surface area (Å²) in [5, 5.41) is 7.42. The van der Waals surface area contributed by atoms with Gasteiger partial charge in [-0.1, -0.05) is 24.4 Å². The first-order valence-electron chi connectivity index (χ1n) is 9.17. The molecule has 8 heteroatoms. The van der Waals surface area contributed by atoms with Crippen molar-refractivity contribution in [3.05, 3.63) is 22.7 Å². The third-order valence-electron chi connectivity index (χ3n) is 5.30. The highest BCUT2D eigenvalue weighted by Gasteiger charge is 2.33. The van der Waals surface area contributed by atoms with Crippen molar-refractivity contribution in [1.82, 2.24) is 10.6 Å². The lowest BCUT2D eigenvalue weighted by Crippen LogP contribution is -2.43. The van der Waals surface area contributed by atoms with Gasteiger partial charge in [0.25, 0.3) is 0 Å². The van der Waals surface area contributed by atoms with E-state index in [0.29, 0.717) is 28.5 Å². The van der Waals surface area contributed by atoms with Crippen molar-refractivity contribution in [1.29, 1.82) is 0 Å². The van der Waals surface area contributed by atoms with Crippen LogP contribution in [-0.2, 0) is 11.3 Å².